The van der Waals surface area contributed by atoms with E-state index in [1.165, 1.54) is 28.8 Å². The van der Waals surface area contributed by atoms with Gasteiger partial charge < -0.3 is 10.8 Å². The molecule has 4 atom stereocenters. The van der Waals surface area contributed by atoms with Crippen LogP contribution in [0.25, 0.3) is 22.5 Å². The zero-order valence-electron chi connectivity index (χ0n) is 38.5. The Labute approximate surface area is 413 Å². The summed E-state index contributed by atoms with van der Waals surface area (Å²) in [5.74, 6) is -4.92. The Bertz CT molecular complexity index is 3100. The lowest BCUT2D eigenvalue weighted by Gasteiger charge is -2.27. The Hall–Kier alpha value is -6.74. The minimum Gasteiger partial charge on any atom is -0.480 e. The first-order valence-corrected chi connectivity index (χ1v) is 24.9. The van der Waals surface area contributed by atoms with Crippen LogP contribution in [0.1, 0.15) is 68.7 Å². The number of aromatic nitrogens is 6. The number of pyridine rings is 2. The van der Waals surface area contributed by atoms with E-state index in [1.807, 2.05) is 0 Å². The van der Waals surface area contributed by atoms with E-state index in [1.54, 1.807) is 38.1 Å². The van der Waals surface area contributed by atoms with Gasteiger partial charge in [-0.2, -0.15) is 35.0 Å². The molecule has 4 aromatic heterocycles. The third-order valence-corrected chi connectivity index (χ3v) is 15.7. The molecule has 2 saturated heterocycles. The van der Waals surface area contributed by atoms with Gasteiger partial charge in [0.25, 0.3) is 0 Å². The normalized spacial score (nSPS) is 18.6. The first-order valence-electron chi connectivity index (χ1n) is 22.0. The Morgan fingerprint density at radius 3 is 1.38 bits per heavy atom. The third kappa shape index (κ3) is 13.7. The molecule has 0 spiro atoms. The second kappa shape index (κ2) is 23.0. The SMILES string of the molecule is C[C@H]1CC[C@@H](C(=O)CCc2ccnc(-c3cnc(C(F)(F)F)nc3)c2)N1S(=O)(=O)c1ccc(F)cc1.C[C@H]1CC[C@@H](C(=O)O)N1S(=O)(=O)c1ccc(F)cc1.NCc1ccnc(-c2cnc(C(F)(F)F)nc2)c1. The monoisotopic (exact) mass is 1060 g/mol. The summed E-state index contributed by atoms with van der Waals surface area (Å²) < 4.78 is 154. The van der Waals surface area contributed by atoms with Gasteiger partial charge in [0.05, 0.1) is 27.2 Å². The molecule has 26 heteroatoms. The molecule has 388 valence electrons. The molecule has 2 aromatic carbocycles. The van der Waals surface area contributed by atoms with Crippen molar-refractivity contribution in [3.63, 3.8) is 0 Å². The van der Waals surface area contributed by atoms with Gasteiger partial charge >= 0.3 is 18.3 Å². The molecule has 0 aliphatic carbocycles. The number of benzene rings is 2. The van der Waals surface area contributed by atoms with E-state index < -0.39 is 73.7 Å². The van der Waals surface area contributed by atoms with Crippen LogP contribution in [0.4, 0.5) is 35.1 Å². The molecule has 6 aromatic rings. The fourth-order valence-corrected chi connectivity index (χ4v) is 11.6. The number of nitrogens with zero attached hydrogens (tertiary/aromatic N) is 8. The van der Waals surface area contributed by atoms with E-state index in [9.17, 15) is 61.5 Å². The molecular weight excluding hydrogens is 1020 g/mol. The molecule has 3 N–H and O–H groups in total. The molecule has 0 radical (unpaired) electrons. The molecule has 2 aliphatic rings. The second-order valence-electron chi connectivity index (χ2n) is 16.7. The summed E-state index contributed by atoms with van der Waals surface area (Å²) in [6.07, 6.45) is 0.0988. The fourth-order valence-electron chi connectivity index (χ4n) is 7.92. The number of carboxylic acids is 1. The number of carboxylic acid groups (broad SMARTS) is 1. The minimum atomic E-state index is -4.65. The van der Waals surface area contributed by atoms with Crippen LogP contribution in [0.3, 0.4) is 0 Å². The zero-order valence-corrected chi connectivity index (χ0v) is 40.2. The van der Waals surface area contributed by atoms with Crippen molar-refractivity contribution in [2.75, 3.05) is 0 Å². The van der Waals surface area contributed by atoms with Crippen molar-refractivity contribution in [2.45, 2.75) is 105 Å². The molecule has 8 rings (SSSR count). The van der Waals surface area contributed by atoms with E-state index in [2.05, 4.69) is 29.9 Å². The van der Waals surface area contributed by atoms with Gasteiger partial charge in [-0.15, -0.1) is 0 Å². The topological polar surface area (TPSA) is 232 Å². The van der Waals surface area contributed by atoms with E-state index in [0.29, 0.717) is 48.3 Å². The van der Waals surface area contributed by atoms with E-state index >= 15 is 0 Å². The van der Waals surface area contributed by atoms with Crippen molar-refractivity contribution in [2.24, 2.45) is 5.73 Å². The van der Waals surface area contributed by atoms with Crippen LogP contribution in [-0.2, 0) is 55.0 Å². The predicted molar refractivity (Wildman–Crippen MR) is 245 cm³/mol. The smallest absolute Gasteiger partial charge is 0.451 e. The predicted octanol–water partition coefficient (Wildman–Crippen LogP) is 7.91. The average molecular weight is 1060 g/mol. The van der Waals surface area contributed by atoms with Gasteiger partial charge in [0, 0.05) is 73.4 Å². The maximum absolute atomic E-state index is 13.3. The van der Waals surface area contributed by atoms with Gasteiger partial charge in [-0.05, 0) is 130 Å². The first kappa shape index (κ1) is 55.6. The number of aliphatic carboxylic acids is 1. The summed E-state index contributed by atoms with van der Waals surface area (Å²) in [5.41, 5.74) is 8.55. The molecule has 0 saturated carbocycles. The Balaban J connectivity index is 0.000000197. The van der Waals surface area contributed by atoms with Gasteiger partial charge in [-0.1, -0.05) is 0 Å². The summed E-state index contributed by atoms with van der Waals surface area (Å²) in [5, 5.41) is 9.09. The first-order chi connectivity index (χ1) is 34.3. The molecule has 2 fully saturated rings. The third-order valence-electron chi connectivity index (χ3n) is 11.6. The van der Waals surface area contributed by atoms with Gasteiger partial charge in [0.2, 0.25) is 31.7 Å². The lowest BCUT2D eigenvalue weighted by molar-refractivity contribution is -0.145. The summed E-state index contributed by atoms with van der Waals surface area (Å²) in [6, 6.07) is 12.9. The van der Waals surface area contributed by atoms with E-state index in [0.717, 1.165) is 71.1 Å². The number of carbonyl (C=O) groups is 2. The number of alkyl halides is 6. The van der Waals surface area contributed by atoms with Crippen LogP contribution in [0.2, 0.25) is 0 Å². The van der Waals surface area contributed by atoms with Crippen molar-refractivity contribution >= 4 is 31.8 Å². The zero-order chi connectivity index (χ0) is 53.5. The van der Waals surface area contributed by atoms with Gasteiger partial charge in [0.1, 0.15) is 17.7 Å². The van der Waals surface area contributed by atoms with Crippen molar-refractivity contribution in [3.8, 4) is 22.5 Å². The number of nitrogens with two attached hydrogens (primary N) is 1. The number of halogens is 8. The molecule has 6 heterocycles. The number of aryl methyl sites for hydroxylation is 1. The summed E-state index contributed by atoms with van der Waals surface area (Å²) in [4.78, 5) is 45.4. The van der Waals surface area contributed by atoms with Crippen molar-refractivity contribution in [3.05, 3.63) is 144 Å². The van der Waals surface area contributed by atoms with Crippen LogP contribution in [0.5, 0.6) is 0 Å². The number of hydrogen-bond acceptors (Lipinski definition) is 13. The van der Waals surface area contributed by atoms with Crippen molar-refractivity contribution < 1.29 is 66.7 Å². The Morgan fingerprint density at radius 1 is 0.603 bits per heavy atom. The second-order valence-corrected chi connectivity index (χ2v) is 20.3. The standard InChI is InChI=1S/C24H22F4N4O3S.C12H14FNO4S.C11H9F3N4/c1-15-2-8-21(32(15)36(34,35)19-6-4-18(25)5-7-19)22(33)9-3-16-10-11-29-20(12-16)17-13-30-23(31-14-17)24(26,27)28;1-8-2-7-11(12(15)16)14(8)19(17,18)10-5-3-9(13)4-6-10;12-11(13,14)10-17-5-8(6-18-10)9-3-7(4-15)1-2-16-9/h4-7,10-15,21H,2-3,8-9H2,1H3;3-6,8,11H,2,7H2,1H3,(H,15,16);1-3,5-6H,4,15H2/t15-,21-;8-,11-;/m00./s1. The van der Waals surface area contributed by atoms with Gasteiger partial charge in [-0.25, -0.2) is 45.6 Å². The molecular formula is C47H45F8N9O7S2. The summed E-state index contributed by atoms with van der Waals surface area (Å²) >= 11 is 0. The van der Waals surface area contributed by atoms with Crippen molar-refractivity contribution in [1.82, 2.24) is 38.5 Å². The van der Waals surface area contributed by atoms with Crippen molar-refractivity contribution in [1.29, 1.82) is 0 Å². The van der Waals surface area contributed by atoms with E-state index in [4.69, 9.17) is 10.8 Å². The molecule has 0 unspecified atom stereocenters. The Morgan fingerprint density at radius 2 is 0.986 bits per heavy atom. The highest BCUT2D eigenvalue weighted by Gasteiger charge is 2.45. The maximum Gasteiger partial charge on any atom is 0.451 e. The maximum atomic E-state index is 13.3. The van der Waals surface area contributed by atoms with Crippen LogP contribution >= 0.6 is 0 Å². The lowest BCUT2D eigenvalue weighted by atomic mass is 10.0. The largest absolute Gasteiger partial charge is 0.480 e. The highest BCUT2D eigenvalue weighted by molar-refractivity contribution is 7.89. The lowest BCUT2D eigenvalue weighted by Crippen LogP contribution is -2.44. The van der Waals surface area contributed by atoms with Crippen LogP contribution < -0.4 is 5.73 Å². The summed E-state index contributed by atoms with van der Waals surface area (Å²) in [6.45, 7) is 3.73. The van der Waals surface area contributed by atoms with Gasteiger partial charge in [0.15, 0.2) is 5.78 Å². The quantitative estimate of drug-likeness (QED) is 0.111. The van der Waals surface area contributed by atoms with Gasteiger partial charge in [-0.3, -0.25) is 19.6 Å². The summed E-state index contributed by atoms with van der Waals surface area (Å²) in [7, 11) is -7.91. The minimum absolute atomic E-state index is 0.0553. The van der Waals surface area contributed by atoms with E-state index in [-0.39, 0.29) is 52.5 Å². The molecule has 0 bridgehead atoms. The number of Topliss-reactive ketones (excluding diaryl/α,β-unsaturated/α-hetero) is 1. The van der Waals surface area contributed by atoms with Crippen LogP contribution in [0.15, 0.2) is 120 Å². The highest BCUT2D eigenvalue weighted by atomic mass is 32.2. The molecule has 16 nitrogen and oxygen atoms in total. The number of hydrogen-bond donors (Lipinski definition) is 2. The number of rotatable bonds is 12. The Kier molecular flexibility index (Phi) is 17.5. The molecule has 73 heavy (non-hydrogen) atoms. The number of ketones is 1. The fraction of sp³-hybridized carbons (Fsp3) is 0.319. The highest BCUT2D eigenvalue weighted by Crippen LogP contribution is 2.34. The van der Waals surface area contributed by atoms with Crippen LogP contribution in [-0.4, -0.2) is 96.4 Å². The number of sulfonamides is 2. The average Bonchev–Trinajstić information content (AvgIpc) is 3.97. The molecule has 0 amide bonds. The van der Waals surface area contributed by atoms with Crippen LogP contribution in [0, 0.1) is 11.6 Å². The number of carbonyl (C=O) groups excluding carboxylic acids is 1. The molecule has 2 aliphatic heterocycles.